The van der Waals surface area contributed by atoms with Crippen molar-refractivity contribution in [3.63, 3.8) is 0 Å². The van der Waals surface area contributed by atoms with E-state index in [0.29, 0.717) is 19.6 Å². The molecule has 0 saturated carbocycles. The molecule has 4 heteroatoms. The third-order valence-corrected chi connectivity index (χ3v) is 2.23. The van der Waals surface area contributed by atoms with E-state index in [2.05, 4.69) is 5.32 Å². The molecule has 4 nitrogen and oxygen atoms in total. The molecule has 1 aromatic carbocycles. The first-order chi connectivity index (χ1) is 8.11. The Balaban J connectivity index is 2.39. The number of hydrogen-bond donors (Lipinski definition) is 2. The molecule has 1 amide bonds. The van der Waals surface area contributed by atoms with Crippen LogP contribution in [-0.4, -0.2) is 18.6 Å². The van der Waals surface area contributed by atoms with Crippen LogP contribution in [0.25, 0.3) is 0 Å². The molecule has 0 aliphatic rings. The Morgan fingerprint density at radius 3 is 2.59 bits per heavy atom. The van der Waals surface area contributed by atoms with Crippen LogP contribution in [0.1, 0.15) is 25.8 Å². The molecular weight excluding hydrogens is 216 g/mol. The predicted octanol–water partition coefficient (Wildman–Crippen LogP) is 1.44. The molecule has 3 N–H and O–H groups in total. The van der Waals surface area contributed by atoms with Gasteiger partial charge >= 0.3 is 0 Å². The molecule has 0 aromatic heterocycles. The minimum absolute atomic E-state index is 0.0196. The zero-order valence-electron chi connectivity index (χ0n) is 10.4. The van der Waals surface area contributed by atoms with Gasteiger partial charge in [0.2, 0.25) is 5.91 Å². The smallest absolute Gasteiger partial charge is 0.221 e. The van der Waals surface area contributed by atoms with Crippen LogP contribution in [0.3, 0.4) is 0 Å². The fraction of sp³-hybridized carbons (Fsp3) is 0.462. The summed E-state index contributed by atoms with van der Waals surface area (Å²) in [4.78, 5) is 11.4. The Morgan fingerprint density at radius 1 is 1.41 bits per heavy atom. The highest BCUT2D eigenvalue weighted by Crippen LogP contribution is 2.11. The second-order valence-electron chi connectivity index (χ2n) is 4.04. The minimum atomic E-state index is -0.102. The zero-order valence-corrected chi connectivity index (χ0v) is 10.4. The van der Waals surface area contributed by atoms with Gasteiger partial charge < -0.3 is 15.8 Å². The number of nitrogens with two attached hydrogens (primary N) is 1. The van der Waals surface area contributed by atoms with Crippen molar-refractivity contribution in [3.05, 3.63) is 29.8 Å². The Morgan fingerprint density at radius 2 is 2.06 bits per heavy atom. The van der Waals surface area contributed by atoms with E-state index >= 15 is 0 Å². The van der Waals surface area contributed by atoms with Crippen molar-refractivity contribution in [3.8, 4) is 5.75 Å². The van der Waals surface area contributed by atoms with Crippen LogP contribution >= 0.6 is 0 Å². The summed E-state index contributed by atoms with van der Waals surface area (Å²) in [5.74, 6) is 0.826. The first-order valence-electron chi connectivity index (χ1n) is 5.85. The average Bonchev–Trinajstić information content (AvgIpc) is 2.28. The third kappa shape index (κ3) is 5.36. The molecule has 17 heavy (non-hydrogen) atoms. The Kier molecular flexibility index (Phi) is 5.49. The molecule has 0 saturated heterocycles. The van der Waals surface area contributed by atoms with Crippen LogP contribution in [0.4, 0.5) is 0 Å². The number of hydrogen-bond acceptors (Lipinski definition) is 3. The van der Waals surface area contributed by atoms with E-state index in [0.717, 1.165) is 11.3 Å². The zero-order chi connectivity index (χ0) is 12.7. The molecule has 0 fully saturated rings. The van der Waals surface area contributed by atoms with Gasteiger partial charge in [0.15, 0.2) is 0 Å². The highest BCUT2D eigenvalue weighted by Gasteiger charge is 2.04. The first-order valence-corrected chi connectivity index (χ1v) is 5.85. The summed E-state index contributed by atoms with van der Waals surface area (Å²) in [6.07, 6.45) is 0.358. The second kappa shape index (κ2) is 6.91. The van der Waals surface area contributed by atoms with Crippen molar-refractivity contribution >= 4 is 5.91 Å². The average molecular weight is 236 g/mol. The lowest BCUT2D eigenvalue weighted by Gasteiger charge is -2.08. The molecule has 0 aliphatic heterocycles. The number of nitrogens with one attached hydrogen (secondary N) is 1. The maximum absolute atomic E-state index is 11.4. The highest BCUT2D eigenvalue weighted by molar-refractivity contribution is 5.76. The predicted molar refractivity (Wildman–Crippen MR) is 67.7 cm³/mol. The van der Waals surface area contributed by atoms with Crippen LogP contribution < -0.4 is 15.8 Å². The lowest BCUT2D eigenvalue weighted by molar-refractivity contribution is -0.121. The number of rotatable bonds is 6. The lowest BCUT2D eigenvalue weighted by atomic mass is 10.2. The van der Waals surface area contributed by atoms with Gasteiger partial charge in [-0.3, -0.25) is 4.79 Å². The molecule has 94 valence electrons. The summed E-state index contributed by atoms with van der Waals surface area (Å²) in [7, 11) is 0. The number of amides is 1. The second-order valence-corrected chi connectivity index (χ2v) is 4.04. The van der Waals surface area contributed by atoms with Gasteiger partial charge in [0.25, 0.3) is 0 Å². The van der Waals surface area contributed by atoms with E-state index in [1.165, 1.54) is 0 Å². The maximum atomic E-state index is 11.4. The number of carbonyl (C=O) groups excluding carboxylic acids is 1. The first kappa shape index (κ1) is 13.5. The molecule has 1 atom stereocenters. The number of ether oxygens (including phenoxy) is 1. The molecule has 0 radical (unpaired) electrons. The van der Waals surface area contributed by atoms with Gasteiger partial charge in [0.1, 0.15) is 5.75 Å². The Bertz CT molecular complexity index is 347. The maximum Gasteiger partial charge on any atom is 0.221 e. The summed E-state index contributed by atoms with van der Waals surface area (Å²) in [6.45, 7) is 4.95. The van der Waals surface area contributed by atoms with Crippen molar-refractivity contribution < 1.29 is 9.53 Å². The standard InChI is InChI=1S/C13H20N2O2/c1-3-17-12-6-4-11(5-7-12)9-15-13(16)8-10(2)14/h4-7,10H,3,8-9,14H2,1-2H3,(H,15,16). The van der Waals surface area contributed by atoms with Crippen LogP contribution in [0.2, 0.25) is 0 Å². The molecule has 1 aromatic rings. The van der Waals surface area contributed by atoms with Gasteiger partial charge in [0, 0.05) is 19.0 Å². The van der Waals surface area contributed by atoms with Crippen LogP contribution in [0.15, 0.2) is 24.3 Å². The van der Waals surface area contributed by atoms with E-state index in [9.17, 15) is 4.79 Å². The minimum Gasteiger partial charge on any atom is -0.494 e. The van der Waals surface area contributed by atoms with Crippen LogP contribution in [0.5, 0.6) is 5.75 Å². The van der Waals surface area contributed by atoms with Gasteiger partial charge in [0.05, 0.1) is 6.61 Å². The topological polar surface area (TPSA) is 64.3 Å². The highest BCUT2D eigenvalue weighted by atomic mass is 16.5. The van der Waals surface area contributed by atoms with Gasteiger partial charge in [-0.1, -0.05) is 12.1 Å². The van der Waals surface area contributed by atoms with Gasteiger partial charge in [-0.2, -0.15) is 0 Å². The fourth-order valence-electron chi connectivity index (χ4n) is 1.44. The summed E-state index contributed by atoms with van der Waals surface area (Å²) in [5, 5.41) is 2.82. The summed E-state index contributed by atoms with van der Waals surface area (Å²) >= 11 is 0. The van der Waals surface area contributed by atoms with Gasteiger partial charge in [-0.05, 0) is 31.5 Å². The quantitative estimate of drug-likeness (QED) is 0.785. The molecule has 0 spiro atoms. The van der Waals surface area contributed by atoms with Crippen molar-refractivity contribution in [2.45, 2.75) is 32.9 Å². The number of carbonyl (C=O) groups is 1. The van der Waals surface area contributed by atoms with E-state index in [4.69, 9.17) is 10.5 Å². The van der Waals surface area contributed by atoms with Crippen LogP contribution in [-0.2, 0) is 11.3 Å². The summed E-state index contributed by atoms with van der Waals surface area (Å²) in [5.41, 5.74) is 6.59. The largest absolute Gasteiger partial charge is 0.494 e. The van der Waals surface area contributed by atoms with Crippen molar-refractivity contribution in [2.75, 3.05) is 6.61 Å². The van der Waals surface area contributed by atoms with E-state index in [-0.39, 0.29) is 11.9 Å². The van der Waals surface area contributed by atoms with Crippen molar-refractivity contribution in [1.82, 2.24) is 5.32 Å². The Labute approximate surface area is 102 Å². The molecule has 0 heterocycles. The van der Waals surface area contributed by atoms with Gasteiger partial charge in [-0.25, -0.2) is 0 Å². The Hall–Kier alpha value is -1.55. The molecule has 1 rings (SSSR count). The molecule has 1 unspecified atom stereocenters. The van der Waals surface area contributed by atoms with Crippen molar-refractivity contribution in [2.24, 2.45) is 5.73 Å². The van der Waals surface area contributed by atoms with E-state index in [1.807, 2.05) is 38.1 Å². The van der Waals surface area contributed by atoms with Crippen LogP contribution in [0, 0.1) is 0 Å². The van der Waals surface area contributed by atoms with E-state index < -0.39 is 0 Å². The number of benzene rings is 1. The third-order valence-electron chi connectivity index (χ3n) is 2.23. The molecule has 0 bridgehead atoms. The van der Waals surface area contributed by atoms with E-state index in [1.54, 1.807) is 0 Å². The lowest BCUT2D eigenvalue weighted by Crippen LogP contribution is -2.29. The fourth-order valence-corrected chi connectivity index (χ4v) is 1.44. The SMILES string of the molecule is CCOc1ccc(CNC(=O)CC(C)N)cc1. The molecular formula is C13H20N2O2. The monoisotopic (exact) mass is 236 g/mol. The van der Waals surface area contributed by atoms with Crippen molar-refractivity contribution in [1.29, 1.82) is 0 Å². The normalized spacial score (nSPS) is 11.9. The molecule has 0 aliphatic carbocycles. The van der Waals surface area contributed by atoms with Gasteiger partial charge in [-0.15, -0.1) is 0 Å². The summed E-state index contributed by atoms with van der Waals surface area (Å²) in [6, 6.07) is 7.58. The summed E-state index contributed by atoms with van der Waals surface area (Å²) < 4.78 is 5.34.